The van der Waals surface area contributed by atoms with Gasteiger partial charge in [-0.2, -0.15) is 0 Å². The molecule has 0 bridgehead atoms. The predicted molar refractivity (Wildman–Crippen MR) is 487 cm³/mol. The van der Waals surface area contributed by atoms with Crippen LogP contribution in [0.3, 0.4) is 0 Å². The Morgan fingerprint density at radius 3 is 0.781 bits per heavy atom. The third-order valence-electron chi connectivity index (χ3n) is 23.4. The van der Waals surface area contributed by atoms with Crippen molar-refractivity contribution in [3.8, 4) is 56.4 Å². The normalized spacial score (nSPS) is 12.4. The zero-order valence-corrected chi connectivity index (χ0v) is 68.8. The van der Waals surface area contributed by atoms with Crippen LogP contribution in [0, 0.1) is 25.7 Å². The van der Waals surface area contributed by atoms with Gasteiger partial charge in [-0.05, 0) is 290 Å². The SMILES string of the molecule is C.CCCCCCC1(CCCCCC)c2cc(N(c3ccc(OCC(CC)CCCC)cc3)c3ccc(-c4ccc(N(c5ccc(C)cc5)c5ccc(OC)cc5)cc4)cc3)ccc2-c2ccc(N(c3ccc(OCC(CC)CCCC)cc3)c3ccc(-c4ccc(N(c5ccc(C)cc5)c5ccc(OC)cc5)cc4)cc3)cc21. The van der Waals surface area contributed by atoms with E-state index in [1.165, 1.54) is 110 Å². The summed E-state index contributed by atoms with van der Waals surface area (Å²) in [5, 5.41) is 0. The Balaban J connectivity index is 0.0000120. The Morgan fingerprint density at radius 1 is 0.272 bits per heavy atom. The minimum absolute atomic E-state index is 0. The van der Waals surface area contributed by atoms with Crippen LogP contribution in [0.15, 0.2) is 279 Å². The van der Waals surface area contributed by atoms with Gasteiger partial charge in [0, 0.05) is 73.7 Å². The fraction of sp³-hybridized carbons (Fsp3) is 0.321. The van der Waals surface area contributed by atoms with E-state index in [1.807, 2.05) is 24.3 Å². The van der Waals surface area contributed by atoms with Crippen LogP contribution < -0.4 is 38.5 Å². The van der Waals surface area contributed by atoms with Crippen molar-refractivity contribution in [3.63, 3.8) is 0 Å². The van der Waals surface area contributed by atoms with E-state index in [-0.39, 0.29) is 12.8 Å². The number of anilines is 12. The van der Waals surface area contributed by atoms with E-state index in [0.717, 1.165) is 165 Å². The number of methoxy groups -OCH3 is 2. The van der Waals surface area contributed by atoms with E-state index < -0.39 is 0 Å². The maximum Gasteiger partial charge on any atom is 0.119 e. The second-order valence-electron chi connectivity index (χ2n) is 31.2. The Morgan fingerprint density at radius 2 is 0.518 bits per heavy atom. The van der Waals surface area contributed by atoms with E-state index in [4.69, 9.17) is 18.9 Å². The van der Waals surface area contributed by atoms with Gasteiger partial charge in [0.2, 0.25) is 0 Å². The van der Waals surface area contributed by atoms with Gasteiger partial charge in [-0.3, -0.25) is 0 Å². The Bertz CT molecular complexity index is 4590. The molecule has 114 heavy (non-hydrogen) atoms. The first-order valence-corrected chi connectivity index (χ1v) is 42.2. The van der Waals surface area contributed by atoms with E-state index in [9.17, 15) is 0 Å². The van der Waals surface area contributed by atoms with Gasteiger partial charge in [0.1, 0.15) is 23.0 Å². The summed E-state index contributed by atoms with van der Waals surface area (Å²) >= 11 is 0. The number of unbranched alkanes of at least 4 members (excludes halogenated alkanes) is 8. The first-order valence-electron chi connectivity index (χ1n) is 42.2. The topological polar surface area (TPSA) is 49.9 Å². The Labute approximate surface area is 683 Å². The van der Waals surface area contributed by atoms with Gasteiger partial charge in [0.25, 0.3) is 0 Å². The van der Waals surface area contributed by atoms with Crippen LogP contribution in [0.5, 0.6) is 23.0 Å². The number of ether oxygens (including phenoxy) is 4. The summed E-state index contributed by atoms with van der Waals surface area (Å²) in [5.41, 5.74) is 25.4. The molecule has 8 nitrogen and oxygen atoms in total. The highest BCUT2D eigenvalue weighted by molar-refractivity contribution is 5.90. The van der Waals surface area contributed by atoms with Crippen molar-refractivity contribution >= 4 is 68.2 Å². The van der Waals surface area contributed by atoms with Crippen LogP contribution in [-0.2, 0) is 5.41 Å². The van der Waals surface area contributed by atoms with Gasteiger partial charge < -0.3 is 38.5 Å². The number of hydrogen-bond acceptors (Lipinski definition) is 8. The zero-order valence-electron chi connectivity index (χ0n) is 68.8. The van der Waals surface area contributed by atoms with E-state index in [2.05, 4.69) is 330 Å². The lowest BCUT2D eigenvalue weighted by Gasteiger charge is -2.35. The number of rotatable bonds is 40. The van der Waals surface area contributed by atoms with Crippen molar-refractivity contribution < 1.29 is 18.9 Å². The van der Waals surface area contributed by atoms with Crippen LogP contribution in [0.4, 0.5) is 68.2 Å². The number of aryl methyl sites for hydroxylation is 2. The molecule has 0 saturated carbocycles. The Hall–Kier alpha value is -11.0. The van der Waals surface area contributed by atoms with Crippen molar-refractivity contribution in [2.75, 3.05) is 47.0 Å². The molecule has 0 amide bonds. The summed E-state index contributed by atoms with van der Waals surface area (Å²) in [6, 6.07) is 103. The summed E-state index contributed by atoms with van der Waals surface area (Å²) in [6.07, 6.45) is 21.0. The average Bonchev–Trinajstić information content (AvgIpc) is 1.55. The largest absolute Gasteiger partial charge is 0.497 e. The summed E-state index contributed by atoms with van der Waals surface area (Å²) in [7, 11) is 3.43. The monoisotopic (exact) mass is 1510 g/mol. The molecule has 12 aromatic rings. The van der Waals surface area contributed by atoms with Crippen LogP contribution in [0.25, 0.3) is 33.4 Å². The first kappa shape index (κ1) is 82.5. The molecular weight excluding hydrogens is 1390 g/mol. The molecule has 0 aromatic heterocycles. The zero-order chi connectivity index (χ0) is 78.5. The molecule has 2 atom stereocenters. The maximum atomic E-state index is 6.63. The van der Waals surface area contributed by atoms with Gasteiger partial charge in [-0.25, -0.2) is 0 Å². The van der Waals surface area contributed by atoms with Crippen molar-refractivity contribution in [2.45, 2.75) is 184 Å². The lowest BCUT2D eigenvalue weighted by Crippen LogP contribution is -2.26. The molecule has 2 unspecified atom stereocenters. The van der Waals surface area contributed by atoms with Crippen LogP contribution in [0.2, 0.25) is 0 Å². The van der Waals surface area contributed by atoms with Gasteiger partial charge in [0.05, 0.1) is 27.4 Å². The lowest BCUT2D eigenvalue weighted by molar-refractivity contribution is 0.233. The summed E-state index contributed by atoms with van der Waals surface area (Å²) in [4.78, 5) is 9.58. The van der Waals surface area contributed by atoms with Crippen molar-refractivity contribution in [2.24, 2.45) is 11.8 Å². The Kier molecular flexibility index (Phi) is 29.1. The minimum Gasteiger partial charge on any atom is -0.497 e. The van der Waals surface area contributed by atoms with E-state index >= 15 is 0 Å². The summed E-state index contributed by atoms with van der Waals surface area (Å²) in [6.45, 7) is 19.5. The number of fused-ring (bicyclic) bond motifs is 3. The summed E-state index contributed by atoms with van der Waals surface area (Å²) in [5.74, 6) is 4.53. The van der Waals surface area contributed by atoms with Crippen LogP contribution in [-0.4, -0.2) is 27.4 Å². The first-order chi connectivity index (χ1) is 55.4. The molecule has 12 aromatic carbocycles. The smallest absolute Gasteiger partial charge is 0.119 e. The maximum absolute atomic E-state index is 6.63. The van der Waals surface area contributed by atoms with E-state index in [1.54, 1.807) is 14.2 Å². The van der Waals surface area contributed by atoms with Gasteiger partial charge in [-0.1, -0.05) is 235 Å². The highest BCUT2D eigenvalue weighted by atomic mass is 16.5. The third kappa shape index (κ3) is 19.6. The number of benzene rings is 12. The molecule has 0 saturated heterocycles. The second kappa shape index (κ2) is 40.2. The molecule has 1 aliphatic carbocycles. The molecule has 0 aliphatic heterocycles. The lowest BCUT2D eigenvalue weighted by atomic mass is 9.70. The molecule has 13 rings (SSSR count). The van der Waals surface area contributed by atoms with Gasteiger partial charge >= 0.3 is 0 Å². The average molecular weight is 1520 g/mol. The molecule has 0 fully saturated rings. The minimum atomic E-state index is -0.261. The standard InChI is InChI=1S/C105H118N4O4.CH4/c1-11-17-21-23-71-105(72-24-22-18-12-2)103-73-95(108(93-55-65-99(66-56-93)112-75-79(15-5)25-19-13-3)89-47-35-83(36-48-89)81-31-43-87(44-32-81)106(85-39-27-77(7)28-40-85)91-51-61-97(110-9)62-52-91)59-69-101(103)102-70-60-96(74-104(102)105)109(94-57-67-100(68-58-94)113-76-80(16-6)26-20-14-4)90-49-37-84(38-50-90)82-33-45-88(46-34-82)107(86-41-29-78(8)30-42-86)92-53-63-98(111-10)64-54-92;/h27-70,73-74,79-80H,11-26,71-72,75-76H2,1-10H3;1H4. The molecule has 0 spiro atoms. The highest BCUT2D eigenvalue weighted by Gasteiger charge is 2.43. The van der Waals surface area contributed by atoms with Crippen molar-refractivity contribution in [3.05, 3.63) is 301 Å². The molecule has 0 radical (unpaired) electrons. The fourth-order valence-corrected chi connectivity index (χ4v) is 16.6. The quantitative estimate of drug-likeness (QED) is 0.0352. The molecule has 1 aliphatic rings. The van der Waals surface area contributed by atoms with E-state index in [0.29, 0.717) is 11.8 Å². The molecular formula is C106H122N4O4. The molecule has 0 N–H and O–H groups in total. The molecule has 8 heteroatoms. The van der Waals surface area contributed by atoms with Crippen LogP contribution in [0.1, 0.15) is 187 Å². The van der Waals surface area contributed by atoms with Crippen LogP contribution >= 0.6 is 0 Å². The molecule has 0 heterocycles. The predicted octanol–water partition coefficient (Wildman–Crippen LogP) is 31.6. The third-order valence-corrected chi connectivity index (χ3v) is 23.4. The highest BCUT2D eigenvalue weighted by Crippen LogP contribution is 2.58. The summed E-state index contributed by atoms with van der Waals surface area (Å²) < 4.78 is 24.4. The van der Waals surface area contributed by atoms with Crippen molar-refractivity contribution in [1.82, 2.24) is 0 Å². The van der Waals surface area contributed by atoms with Gasteiger partial charge in [-0.15, -0.1) is 0 Å². The molecule has 590 valence electrons. The van der Waals surface area contributed by atoms with Crippen molar-refractivity contribution in [1.29, 1.82) is 0 Å². The second-order valence-corrected chi connectivity index (χ2v) is 31.2. The number of nitrogens with zero attached hydrogens (tertiary/aromatic N) is 4. The van der Waals surface area contributed by atoms with Gasteiger partial charge in [0.15, 0.2) is 0 Å². The fourth-order valence-electron chi connectivity index (χ4n) is 16.6. The number of hydrogen-bond donors (Lipinski definition) is 0.